The number of benzene rings is 1. The number of furan rings is 1. The maximum atomic E-state index is 12.5. The number of nitrogens with zero attached hydrogens (tertiary/aromatic N) is 1. The summed E-state index contributed by atoms with van der Waals surface area (Å²) in [6.07, 6.45) is 1.70. The molecule has 164 valence electrons. The van der Waals surface area contributed by atoms with Crippen molar-refractivity contribution in [2.75, 3.05) is 40.5 Å². The van der Waals surface area contributed by atoms with E-state index < -0.39 is 0 Å². The van der Waals surface area contributed by atoms with Gasteiger partial charge in [0.05, 0.1) is 25.8 Å². The van der Waals surface area contributed by atoms with Gasteiger partial charge in [-0.15, -0.1) is 0 Å². The molecule has 1 aromatic carbocycles. The van der Waals surface area contributed by atoms with Crippen LogP contribution in [0, 0.1) is 0 Å². The zero-order valence-corrected chi connectivity index (χ0v) is 17.6. The second-order valence-electron chi connectivity index (χ2n) is 7.23. The highest BCUT2D eigenvalue weighted by molar-refractivity contribution is 5.97. The average molecular weight is 418 g/mol. The van der Waals surface area contributed by atoms with Crippen molar-refractivity contribution in [1.29, 1.82) is 0 Å². The average Bonchev–Trinajstić information content (AvgIpc) is 3.22. The Morgan fingerprint density at radius 3 is 2.63 bits per heavy atom. The summed E-state index contributed by atoms with van der Waals surface area (Å²) in [5.74, 6) is 2.41. The number of methoxy groups -OCH3 is 2. The minimum atomic E-state index is -0.195. The van der Waals surface area contributed by atoms with E-state index >= 15 is 0 Å². The lowest BCUT2D eigenvalue weighted by Gasteiger charge is -2.32. The van der Waals surface area contributed by atoms with E-state index in [9.17, 15) is 4.79 Å². The van der Waals surface area contributed by atoms with Gasteiger partial charge in [0.2, 0.25) is 0 Å². The quantitative estimate of drug-likeness (QED) is 0.572. The number of piperidine rings is 1. The SMILES string of the molecule is COCCNC(=O)c1ccc(OC)cc1OC1CCN(Cc2ccc(CO)o2)CC1. The first-order chi connectivity index (χ1) is 14.6. The molecule has 1 aliphatic heterocycles. The topological polar surface area (TPSA) is 93.4 Å². The smallest absolute Gasteiger partial charge is 0.255 e. The van der Waals surface area contributed by atoms with Crippen LogP contribution in [0.15, 0.2) is 34.7 Å². The molecule has 3 rings (SSSR count). The summed E-state index contributed by atoms with van der Waals surface area (Å²) in [4.78, 5) is 14.8. The molecule has 1 saturated heterocycles. The maximum Gasteiger partial charge on any atom is 0.255 e. The van der Waals surface area contributed by atoms with Crippen LogP contribution in [-0.4, -0.2) is 62.5 Å². The summed E-state index contributed by atoms with van der Waals surface area (Å²) in [5, 5.41) is 12.0. The Bertz CT molecular complexity index is 814. The standard InChI is InChI=1S/C22H30N2O6/c1-27-12-9-23-22(26)20-6-5-17(28-2)13-21(20)30-16-7-10-24(11-8-16)14-18-3-4-19(15-25)29-18/h3-6,13,16,25H,7-12,14-15H2,1-2H3,(H,23,26). The molecule has 8 nitrogen and oxygen atoms in total. The number of carbonyl (C=O) groups excluding carboxylic acids is 1. The second-order valence-corrected chi connectivity index (χ2v) is 7.23. The van der Waals surface area contributed by atoms with Crippen LogP contribution < -0.4 is 14.8 Å². The molecule has 0 spiro atoms. The van der Waals surface area contributed by atoms with Crippen LogP contribution in [0.4, 0.5) is 0 Å². The van der Waals surface area contributed by atoms with E-state index in [1.807, 2.05) is 6.07 Å². The van der Waals surface area contributed by atoms with E-state index in [-0.39, 0.29) is 18.6 Å². The number of hydrogen-bond acceptors (Lipinski definition) is 7. The monoisotopic (exact) mass is 418 g/mol. The van der Waals surface area contributed by atoms with Crippen LogP contribution in [0.3, 0.4) is 0 Å². The van der Waals surface area contributed by atoms with Crippen LogP contribution in [0.5, 0.6) is 11.5 Å². The third kappa shape index (κ3) is 5.98. The number of nitrogens with one attached hydrogen (secondary N) is 1. The van der Waals surface area contributed by atoms with Gasteiger partial charge in [-0.3, -0.25) is 9.69 Å². The Morgan fingerprint density at radius 1 is 1.20 bits per heavy atom. The largest absolute Gasteiger partial charge is 0.497 e. The first-order valence-electron chi connectivity index (χ1n) is 10.2. The lowest BCUT2D eigenvalue weighted by atomic mass is 10.1. The van der Waals surface area contributed by atoms with E-state index in [0.717, 1.165) is 31.7 Å². The van der Waals surface area contributed by atoms with Gasteiger partial charge >= 0.3 is 0 Å². The van der Waals surface area contributed by atoms with Crippen molar-refractivity contribution in [2.45, 2.75) is 32.1 Å². The number of ether oxygens (including phenoxy) is 3. The van der Waals surface area contributed by atoms with E-state index in [0.29, 0.717) is 42.5 Å². The predicted molar refractivity (Wildman–Crippen MR) is 111 cm³/mol. The lowest BCUT2D eigenvalue weighted by molar-refractivity contribution is 0.0861. The van der Waals surface area contributed by atoms with Crippen molar-refractivity contribution in [3.63, 3.8) is 0 Å². The van der Waals surface area contributed by atoms with E-state index in [2.05, 4.69) is 10.2 Å². The third-order valence-electron chi connectivity index (χ3n) is 5.11. The summed E-state index contributed by atoms with van der Waals surface area (Å²) in [6, 6.07) is 8.94. The summed E-state index contributed by atoms with van der Waals surface area (Å²) < 4.78 is 22.1. The molecule has 0 atom stereocenters. The molecule has 2 aromatic rings. The first-order valence-corrected chi connectivity index (χ1v) is 10.2. The molecule has 8 heteroatoms. The molecule has 1 aliphatic rings. The Labute approximate surface area is 176 Å². The summed E-state index contributed by atoms with van der Waals surface area (Å²) in [7, 11) is 3.19. The molecule has 1 fully saturated rings. The molecule has 1 aromatic heterocycles. The van der Waals surface area contributed by atoms with Gasteiger partial charge in [0.1, 0.15) is 35.7 Å². The number of rotatable bonds is 10. The number of likely N-dealkylation sites (tertiary alicyclic amines) is 1. The summed E-state index contributed by atoms with van der Waals surface area (Å²) in [5.41, 5.74) is 0.487. The molecular formula is C22H30N2O6. The zero-order chi connectivity index (χ0) is 21.3. The molecule has 30 heavy (non-hydrogen) atoms. The van der Waals surface area contributed by atoms with Crippen molar-refractivity contribution in [3.8, 4) is 11.5 Å². The summed E-state index contributed by atoms with van der Waals surface area (Å²) in [6.45, 7) is 3.23. The Balaban J connectivity index is 1.58. The third-order valence-corrected chi connectivity index (χ3v) is 5.11. The molecular weight excluding hydrogens is 388 g/mol. The molecule has 0 radical (unpaired) electrons. The Morgan fingerprint density at radius 2 is 1.97 bits per heavy atom. The van der Waals surface area contributed by atoms with Crippen LogP contribution >= 0.6 is 0 Å². The minimum absolute atomic E-state index is 0.0171. The van der Waals surface area contributed by atoms with Gasteiger partial charge in [0.15, 0.2) is 0 Å². The number of aliphatic hydroxyl groups is 1. The van der Waals surface area contributed by atoms with Crippen LogP contribution in [0.25, 0.3) is 0 Å². The van der Waals surface area contributed by atoms with Gasteiger partial charge in [-0.1, -0.05) is 0 Å². The van der Waals surface area contributed by atoms with Crippen LogP contribution in [-0.2, 0) is 17.9 Å². The van der Waals surface area contributed by atoms with Gasteiger partial charge in [0, 0.05) is 32.8 Å². The fourth-order valence-corrected chi connectivity index (χ4v) is 3.45. The molecule has 0 aliphatic carbocycles. The second kappa shape index (κ2) is 11.0. The Kier molecular flexibility index (Phi) is 8.12. The van der Waals surface area contributed by atoms with Gasteiger partial charge in [-0.05, 0) is 37.1 Å². The molecule has 0 saturated carbocycles. The summed E-state index contributed by atoms with van der Waals surface area (Å²) >= 11 is 0. The highest BCUT2D eigenvalue weighted by Gasteiger charge is 2.23. The normalized spacial score (nSPS) is 15.2. The van der Waals surface area contributed by atoms with E-state index in [1.165, 1.54) is 0 Å². The van der Waals surface area contributed by atoms with Crippen molar-refractivity contribution >= 4 is 5.91 Å². The molecule has 2 N–H and O–H groups in total. The number of hydrogen-bond donors (Lipinski definition) is 2. The molecule has 1 amide bonds. The van der Waals surface area contributed by atoms with Crippen LogP contribution in [0.2, 0.25) is 0 Å². The highest BCUT2D eigenvalue weighted by atomic mass is 16.5. The number of amides is 1. The first kappa shape index (κ1) is 22.1. The Hall–Kier alpha value is -2.55. The molecule has 0 bridgehead atoms. The van der Waals surface area contributed by atoms with Gasteiger partial charge in [-0.2, -0.15) is 0 Å². The van der Waals surface area contributed by atoms with Gasteiger partial charge < -0.3 is 29.1 Å². The lowest BCUT2D eigenvalue weighted by Crippen LogP contribution is -2.38. The highest BCUT2D eigenvalue weighted by Crippen LogP contribution is 2.28. The van der Waals surface area contributed by atoms with E-state index in [4.69, 9.17) is 23.7 Å². The predicted octanol–water partition coefficient (Wildman–Crippen LogP) is 2.20. The zero-order valence-electron chi connectivity index (χ0n) is 17.6. The molecule has 0 unspecified atom stereocenters. The van der Waals surface area contributed by atoms with Crippen molar-refractivity contribution in [2.24, 2.45) is 0 Å². The molecule has 2 heterocycles. The minimum Gasteiger partial charge on any atom is -0.497 e. The van der Waals surface area contributed by atoms with Gasteiger partial charge in [0.25, 0.3) is 5.91 Å². The van der Waals surface area contributed by atoms with E-state index in [1.54, 1.807) is 38.5 Å². The maximum absolute atomic E-state index is 12.5. The number of carbonyl (C=O) groups is 1. The number of aliphatic hydroxyl groups excluding tert-OH is 1. The van der Waals surface area contributed by atoms with Crippen LogP contribution in [0.1, 0.15) is 34.7 Å². The fraction of sp³-hybridized carbons (Fsp3) is 0.500. The van der Waals surface area contributed by atoms with Gasteiger partial charge in [-0.25, -0.2) is 0 Å². The van der Waals surface area contributed by atoms with Crippen molar-refractivity contribution < 1.29 is 28.5 Å². The fourth-order valence-electron chi connectivity index (χ4n) is 3.45. The van der Waals surface area contributed by atoms with Crippen molar-refractivity contribution in [3.05, 3.63) is 47.4 Å². The van der Waals surface area contributed by atoms with Crippen molar-refractivity contribution in [1.82, 2.24) is 10.2 Å².